The van der Waals surface area contributed by atoms with Crippen LogP contribution in [0.2, 0.25) is 0 Å². The summed E-state index contributed by atoms with van der Waals surface area (Å²) >= 11 is 0. The molecule has 0 fully saturated rings. The Bertz CT molecular complexity index is 478. The lowest BCUT2D eigenvalue weighted by Gasteiger charge is -2.16. The molecule has 0 aromatic carbocycles. The Hall–Kier alpha value is -0.130. The van der Waals surface area contributed by atoms with Crippen molar-refractivity contribution in [3.8, 4) is 0 Å². The van der Waals surface area contributed by atoms with Gasteiger partial charge in [-0.3, -0.25) is 4.55 Å². The molecule has 0 spiro atoms. The van der Waals surface area contributed by atoms with Crippen molar-refractivity contribution >= 4 is 10.4 Å². The maximum Gasteiger partial charge on any atom is 0.397 e. The lowest BCUT2D eigenvalue weighted by molar-refractivity contribution is 0.204. The first-order chi connectivity index (χ1) is 16.0. The second-order valence-corrected chi connectivity index (χ2v) is 11.3. The van der Waals surface area contributed by atoms with E-state index in [-0.39, 0.29) is 12.5 Å². The molecule has 0 rings (SSSR count). The summed E-state index contributed by atoms with van der Waals surface area (Å²) in [6, 6.07) is 0. The van der Waals surface area contributed by atoms with Gasteiger partial charge in [-0.1, -0.05) is 155 Å². The van der Waals surface area contributed by atoms with Crippen LogP contribution >= 0.6 is 0 Å². The van der Waals surface area contributed by atoms with E-state index in [1.54, 1.807) is 0 Å². The van der Waals surface area contributed by atoms with Gasteiger partial charge in [-0.2, -0.15) is 8.42 Å². The van der Waals surface area contributed by atoms with Crippen molar-refractivity contribution in [1.82, 2.24) is 0 Å². The first-order valence-corrected chi connectivity index (χ1v) is 16.0. The zero-order valence-electron chi connectivity index (χ0n) is 22.3. The van der Waals surface area contributed by atoms with Crippen molar-refractivity contribution in [2.45, 2.75) is 168 Å². The fourth-order valence-electron chi connectivity index (χ4n) is 4.69. The first-order valence-electron chi connectivity index (χ1n) is 14.6. The van der Waals surface area contributed by atoms with Crippen molar-refractivity contribution in [2.24, 2.45) is 5.92 Å². The standard InChI is InChI=1S/C28H58O4S/c1-3-5-7-9-10-11-12-13-14-15-16-17-18-19-20-22-24-26-28(27-32-33(29,30)31)25-23-21-8-6-4-2/h28H,3-27H2,1-2H3,(H,29,30,31). The molecular formula is C28H58O4S. The van der Waals surface area contributed by atoms with Crippen LogP contribution in [0.15, 0.2) is 0 Å². The maximum absolute atomic E-state index is 10.9. The molecule has 0 bridgehead atoms. The Kier molecular flexibility index (Phi) is 24.9. The van der Waals surface area contributed by atoms with Crippen LogP contribution in [0, 0.1) is 5.92 Å². The third-order valence-electron chi connectivity index (χ3n) is 6.88. The largest absolute Gasteiger partial charge is 0.397 e. The Morgan fingerprint density at radius 1 is 0.515 bits per heavy atom. The number of hydrogen-bond acceptors (Lipinski definition) is 3. The molecule has 1 atom stereocenters. The maximum atomic E-state index is 10.9. The fourth-order valence-corrected chi connectivity index (χ4v) is 5.05. The Balaban J connectivity index is 3.55. The number of hydrogen-bond donors (Lipinski definition) is 1. The molecule has 1 N–H and O–H groups in total. The summed E-state index contributed by atoms with van der Waals surface area (Å²) in [6.45, 7) is 4.62. The molecule has 33 heavy (non-hydrogen) atoms. The van der Waals surface area contributed by atoms with E-state index in [2.05, 4.69) is 18.0 Å². The predicted molar refractivity (Wildman–Crippen MR) is 143 cm³/mol. The average molecular weight is 491 g/mol. The highest BCUT2D eigenvalue weighted by atomic mass is 32.3. The number of unbranched alkanes of at least 4 members (excludes halogenated alkanes) is 20. The third-order valence-corrected chi connectivity index (χ3v) is 7.32. The van der Waals surface area contributed by atoms with Crippen LogP contribution < -0.4 is 0 Å². The van der Waals surface area contributed by atoms with Crippen LogP contribution in [-0.4, -0.2) is 19.6 Å². The van der Waals surface area contributed by atoms with Crippen molar-refractivity contribution in [2.75, 3.05) is 6.61 Å². The van der Waals surface area contributed by atoms with E-state index in [9.17, 15) is 8.42 Å². The average Bonchev–Trinajstić information content (AvgIpc) is 2.78. The van der Waals surface area contributed by atoms with Crippen LogP contribution in [0.25, 0.3) is 0 Å². The van der Waals surface area contributed by atoms with Gasteiger partial charge in [0.1, 0.15) is 0 Å². The summed E-state index contributed by atoms with van der Waals surface area (Å²) < 4.78 is 35.4. The minimum absolute atomic E-state index is 0.130. The summed E-state index contributed by atoms with van der Waals surface area (Å²) in [4.78, 5) is 0. The molecule has 0 aliphatic carbocycles. The highest BCUT2D eigenvalue weighted by molar-refractivity contribution is 7.80. The zero-order chi connectivity index (χ0) is 24.5. The molecule has 0 aliphatic rings. The van der Waals surface area contributed by atoms with Crippen molar-refractivity contribution < 1.29 is 17.2 Å². The molecule has 0 aliphatic heterocycles. The van der Waals surface area contributed by atoms with Gasteiger partial charge < -0.3 is 0 Å². The Morgan fingerprint density at radius 3 is 1.06 bits per heavy atom. The van der Waals surface area contributed by atoms with Gasteiger partial charge in [0, 0.05) is 0 Å². The van der Waals surface area contributed by atoms with E-state index in [1.165, 1.54) is 128 Å². The molecule has 0 saturated carbocycles. The van der Waals surface area contributed by atoms with E-state index in [1.807, 2.05) is 0 Å². The number of rotatable bonds is 27. The molecule has 5 heteroatoms. The molecule has 4 nitrogen and oxygen atoms in total. The molecule has 0 aromatic heterocycles. The van der Waals surface area contributed by atoms with Gasteiger partial charge in [0.2, 0.25) is 0 Å². The smallest absolute Gasteiger partial charge is 0.264 e. The van der Waals surface area contributed by atoms with Crippen LogP contribution in [0.5, 0.6) is 0 Å². The lowest BCUT2D eigenvalue weighted by atomic mass is 9.95. The van der Waals surface area contributed by atoms with E-state index >= 15 is 0 Å². The van der Waals surface area contributed by atoms with Crippen molar-refractivity contribution in [1.29, 1.82) is 0 Å². The SMILES string of the molecule is CCCCCCCCCCCCCCCCCCCC(CCCCCCC)COS(=O)(=O)O. The van der Waals surface area contributed by atoms with Gasteiger partial charge in [0.25, 0.3) is 0 Å². The Morgan fingerprint density at radius 2 is 0.788 bits per heavy atom. The zero-order valence-corrected chi connectivity index (χ0v) is 23.2. The lowest BCUT2D eigenvalue weighted by Crippen LogP contribution is -2.14. The summed E-state index contributed by atoms with van der Waals surface area (Å²) in [5.74, 6) is 0.241. The summed E-state index contributed by atoms with van der Waals surface area (Å²) in [5.41, 5.74) is 0. The van der Waals surface area contributed by atoms with E-state index in [0.717, 1.165) is 25.7 Å². The molecular weight excluding hydrogens is 432 g/mol. The summed E-state index contributed by atoms with van der Waals surface area (Å²) in [5, 5.41) is 0. The summed E-state index contributed by atoms with van der Waals surface area (Å²) in [6.07, 6.45) is 31.3. The van der Waals surface area contributed by atoms with Gasteiger partial charge in [-0.15, -0.1) is 0 Å². The van der Waals surface area contributed by atoms with Crippen LogP contribution in [0.3, 0.4) is 0 Å². The van der Waals surface area contributed by atoms with Crippen molar-refractivity contribution in [3.05, 3.63) is 0 Å². The Labute approximate surface area is 208 Å². The van der Waals surface area contributed by atoms with Gasteiger partial charge in [-0.25, -0.2) is 4.18 Å². The van der Waals surface area contributed by atoms with Crippen LogP contribution in [-0.2, 0) is 14.6 Å². The molecule has 0 amide bonds. The summed E-state index contributed by atoms with van der Waals surface area (Å²) in [7, 11) is -4.32. The van der Waals surface area contributed by atoms with E-state index < -0.39 is 10.4 Å². The highest BCUT2D eigenvalue weighted by Gasteiger charge is 2.13. The van der Waals surface area contributed by atoms with Crippen LogP contribution in [0.1, 0.15) is 168 Å². The van der Waals surface area contributed by atoms with Gasteiger partial charge in [-0.05, 0) is 18.8 Å². The predicted octanol–water partition coefficient (Wildman–Crippen LogP) is 9.82. The van der Waals surface area contributed by atoms with E-state index in [0.29, 0.717) is 0 Å². The molecule has 0 radical (unpaired) electrons. The quantitative estimate of drug-likeness (QED) is 0.0919. The topological polar surface area (TPSA) is 63.6 Å². The van der Waals surface area contributed by atoms with Crippen LogP contribution in [0.4, 0.5) is 0 Å². The molecule has 0 saturated heterocycles. The minimum atomic E-state index is -4.32. The van der Waals surface area contributed by atoms with E-state index in [4.69, 9.17) is 4.55 Å². The molecule has 200 valence electrons. The van der Waals surface area contributed by atoms with Crippen molar-refractivity contribution in [3.63, 3.8) is 0 Å². The van der Waals surface area contributed by atoms with Gasteiger partial charge >= 0.3 is 10.4 Å². The van der Waals surface area contributed by atoms with Gasteiger partial charge in [0.15, 0.2) is 0 Å². The third kappa shape index (κ3) is 28.0. The monoisotopic (exact) mass is 490 g/mol. The minimum Gasteiger partial charge on any atom is -0.264 e. The van der Waals surface area contributed by atoms with Gasteiger partial charge in [0.05, 0.1) is 6.61 Å². The highest BCUT2D eigenvalue weighted by Crippen LogP contribution is 2.20. The molecule has 0 aromatic rings. The molecule has 1 unspecified atom stereocenters. The normalized spacial score (nSPS) is 12.9. The molecule has 0 heterocycles. The second kappa shape index (κ2) is 25.0. The second-order valence-electron chi connectivity index (χ2n) is 10.2. The fraction of sp³-hybridized carbons (Fsp3) is 1.00. The first kappa shape index (κ1) is 32.9.